The zero-order valence-corrected chi connectivity index (χ0v) is 12.4. The summed E-state index contributed by atoms with van der Waals surface area (Å²) in [4.78, 5) is 0. The molecule has 0 aliphatic heterocycles. The lowest BCUT2D eigenvalue weighted by molar-refractivity contribution is -0.439. The van der Waals surface area contributed by atoms with Crippen molar-refractivity contribution >= 4 is 11.8 Å². The summed E-state index contributed by atoms with van der Waals surface area (Å²) in [5.74, 6) is -38.0. The van der Waals surface area contributed by atoms with E-state index in [0.29, 0.717) is 11.8 Å². The first-order valence-electron chi connectivity index (χ1n) is 5.95. The summed E-state index contributed by atoms with van der Waals surface area (Å²) in [7, 11) is 0. The molecule has 0 aromatic rings. The van der Waals surface area contributed by atoms with Gasteiger partial charge in [-0.3, -0.25) is 0 Å². The Morgan fingerprint density at radius 1 is 0.560 bits per heavy atom. The fourth-order valence-electron chi connectivity index (χ4n) is 1.33. The van der Waals surface area contributed by atoms with Crippen molar-refractivity contribution in [3.05, 3.63) is 0 Å². The highest BCUT2D eigenvalue weighted by Crippen LogP contribution is 2.60. The van der Waals surface area contributed by atoms with Crippen LogP contribution in [0.1, 0.15) is 6.42 Å². The van der Waals surface area contributed by atoms with Crippen LogP contribution in [0.5, 0.6) is 0 Å². The molecule has 0 atom stereocenters. The molecule has 0 saturated carbocycles. The Balaban J connectivity index is 5.79. The first-order valence-corrected chi connectivity index (χ1v) is 7.11. The molecule has 152 valence electrons. The van der Waals surface area contributed by atoms with Gasteiger partial charge in [0.05, 0.1) is 6.61 Å². The molecule has 0 rings (SSSR count). The van der Waals surface area contributed by atoms with Gasteiger partial charge in [0.15, 0.2) is 0 Å². The number of thioether (sulfide) groups is 1. The standard InChI is InChI=1S/C10H9F13OS/c11-5(12,1-3-25-4-2-24)6(13,14)7(15,16)8(17,18)9(19,20)10(21,22)23/h24H,1-4H2. The van der Waals surface area contributed by atoms with Crippen molar-refractivity contribution in [1.82, 2.24) is 0 Å². The third kappa shape index (κ3) is 4.06. The van der Waals surface area contributed by atoms with E-state index in [4.69, 9.17) is 5.11 Å². The van der Waals surface area contributed by atoms with E-state index < -0.39 is 54.6 Å². The van der Waals surface area contributed by atoms with Crippen molar-refractivity contribution in [1.29, 1.82) is 0 Å². The molecule has 0 unspecified atom stereocenters. The van der Waals surface area contributed by atoms with Crippen molar-refractivity contribution in [2.45, 2.75) is 42.2 Å². The topological polar surface area (TPSA) is 20.2 Å². The lowest BCUT2D eigenvalue weighted by atomic mass is 9.93. The van der Waals surface area contributed by atoms with Crippen molar-refractivity contribution in [2.24, 2.45) is 0 Å². The molecule has 0 bridgehead atoms. The molecule has 0 aromatic heterocycles. The molecule has 25 heavy (non-hydrogen) atoms. The van der Waals surface area contributed by atoms with Gasteiger partial charge in [0.25, 0.3) is 0 Å². The van der Waals surface area contributed by atoms with E-state index in [1.165, 1.54) is 0 Å². The highest BCUT2D eigenvalue weighted by molar-refractivity contribution is 7.99. The van der Waals surface area contributed by atoms with E-state index >= 15 is 0 Å². The molecule has 0 amide bonds. The Labute approximate surface area is 135 Å². The van der Waals surface area contributed by atoms with Gasteiger partial charge in [-0.15, -0.1) is 0 Å². The zero-order valence-electron chi connectivity index (χ0n) is 11.6. The Bertz CT molecular complexity index is 445. The SMILES string of the molecule is OCCSCCC(F)(F)C(F)(F)C(F)(F)C(F)(F)C(F)(F)C(F)(F)F. The van der Waals surface area contributed by atoms with Gasteiger partial charge in [0.2, 0.25) is 0 Å². The lowest BCUT2D eigenvalue weighted by Crippen LogP contribution is -2.70. The average molecular weight is 424 g/mol. The molecule has 1 nitrogen and oxygen atoms in total. The minimum absolute atomic E-state index is 0.300. The quantitative estimate of drug-likeness (QED) is 0.422. The maximum absolute atomic E-state index is 13.2. The van der Waals surface area contributed by atoms with Crippen LogP contribution in [0.15, 0.2) is 0 Å². The Kier molecular flexibility index (Phi) is 7.02. The predicted molar refractivity (Wildman–Crippen MR) is 59.8 cm³/mol. The molecule has 15 heteroatoms. The van der Waals surface area contributed by atoms with Crippen LogP contribution in [0.4, 0.5) is 57.1 Å². The van der Waals surface area contributed by atoms with Crippen molar-refractivity contribution in [3.8, 4) is 0 Å². The van der Waals surface area contributed by atoms with Crippen molar-refractivity contribution in [3.63, 3.8) is 0 Å². The summed E-state index contributed by atoms with van der Waals surface area (Å²) in [6.45, 7) is -0.640. The number of hydrogen-bond acceptors (Lipinski definition) is 2. The van der Waals surface area contributed by atoms with Gasteiger partial charge in [-0.2, -0.15) is 68.8 Å². The normalized spacial score (nSPS) is 15.6. The number of hydrogen-bond donors (Lipinski definition) is 1. The van der Waals surface area contributed by atoms with Crippen LogP contribution >= 0.6 is 11.8 Å². The van der Waals surface area contributed by atoms with Gasteiger partial charge in [-0.05, 0) is 5.75 Å². The van der Waals surface area contributed by atoms with Gasteiger partial charge in [0.1, 0.15) is 0 Å². The summed E-state index contributed by atoms with van der Waals surface area (Å²) in [5.41, 5.74) is 0. The average Bonchev–Trinajstić information content (AvgIpc) is 2.41. The Morgan fingerprint density at radius 2 is 0.960 bits per heavy atom. The van der Waals surface area contributed by atoms with Gasteiger partial charge >= 0.3 is 35.8 Å². The maximum atomic E-state index is 13.2. The molecule has 0 spiro atoms. The molecule has 0 aromatic carbocycles. The lowest BCUT2D eigenvalue weighted by Gasteiger charge is -2.39. The van der Waals surface area contributed by atoms with Crippen LogP contribution in [0.2, 0.25) is 0 Å². The van der Waals surface area contributed by atoms with Crippen LogP contribution in [0, 0.1) is 0 Å². The first-order chi connectivity index (χ1) is 10.8. The first kappa shape index (κ1) is 24.4. The number of aliphatic hydroxyl groups excluding tert-OH is 1. The van der Waals surface area contributed by atoms with Crippen molar-refractivity contribution < 1.29 is 62.2 Å². The molecule has 0 radical (unpaired) electrons. The molecule has 1 N–H and O–H groups in total. The molecule has 0 aliphatic rings. The minimum atomic E-state index is -7.86. The number of rotatable bonds is 9. The fourth-order valence-corrected chi connectivity index (χ4v) is 2.06. The number of aliphatic hydroxyl groups is 1. The second-order valence-corrected chi connectivity index (χ2v) is 5.81. The summed E-state index contributed by atoms with van der Waals surface area (Å²) >= 11 is 0.300. The summed E-state index contributed by atoms with van der Waals surface area (Å²) < 4.78 is 165. The number of halogens is 13. The minimum Gasteiger partial charge on any atom is -0.396 e. The molecular formula is C10H9F13OS. The van der Waals surface area contributed by atoms with Gasteiger partial charge in [-0.1, -0.05) is 0 Å². The van der Waals surface area contributed by atoms with E-state index in [9.17, 15) is 57.1 Å². The summed E-state index contributed by atoms with van der Waals surface area (Å²) in [6, 6.07) is 0. The van der Waals surface area contributed by atoms with Crippen LogP contribution in [0.3, 0.4) is 0 Å². The highest BCUT2D eigenvalue weighted by atomic mass is 32.2. The van der Waals surface area contributed by atoms with E-state index in [0.717, 1.165) is 0 Å². The number of alkyl halides is 13. The molecule has 0 saturated heterocycles. The fraction of sp³-hybridized carbons (Fsp3) is 1.00. The van der Waals surface area contributed by atoms with E-state index in [-0.39, 0.29) is 5.75 Å². The summed E-state index contributed by atoms with van der Waals surface area (Å²) in [6.07, 6.45) is -9.64. The third-order valence-corrected chi connectivity index (χ3v) is 3.76. The third-order valence-electron chi connectivity index (χ3n) is 2.79. The maximum Gasteiger partial charge on any atom is 0.460 e. The van der Waals surface area contributed by atoms with E-state index in [1.807, 2.05) is 0 Å². The predicted octanol–water partition coefficient (Wildman–Crippen LogP) is 4.84. The van der Waals surface area contributed by atoms with Gasteiger partial charge in [0, 0.05) is 12.2 Å². The largest absolute Gasteiger partial charge is 0.460 e. The molecular weight excluding hydrogens is 415 g/mol. The monoisotopic (exact) mass is 424 g/mol. The smallest absolute Gasteiger partial charge is 0.396 e. The van der Waals surface area contributed by atoms with Gasteiger partial charge in [-0.25, -0.2) is 0 Å². The Hall–Kier alpha value is -0.600. The second-order valence-electron chi connectivity index (χ2n) is 4.59. The summed E-state index contributed by atoms with van der Waals surface area (Å²) in [5, 5.41) is 8.29. The van der Waals surface area contributed by atoms with Crippen LogP contribution < -0.4 is 0 Å². The van der Waals surface area contributed by atoms with Crippen LogP contribution in [-0.2, 0) is 0 Å². The second kappa shape index (κ2) is 7.19. The van der Waals surface area contributed by atoms with Crippen molar-refractivity contribution in [2.75, 3.05) is 18.1 Å². The van der Waals surface area contributed by atoms with Crippen LogP contribution in [0.25, 0.3) is 0 Å². The molecule has 0 aliphatic carbocycles. The Morgan fingerprint density at radius 3 is 1.32 bits per heavy atom. The zero-order chi connectivity index (χ0) is 20.5. The van der Waals surface area contributed by atoms with Crippen LogP contribution in [-0.4, -0.2) is 59.0 Å². The van der Waals surface area contributed by atoms with E-state index in [1.54, 1.807) is 0 Å². The highest BCUT2D eigenvalue weighted by Gasteiger charge is 2.90. The van der Waals surface area contributed by atoms with Gasteiger partial charge < -0.3 is 5.11 Å². The molecule has 0 fully saturated rings. The molecule has 0 heterocycles. The van der Waals surface area contributed by atoms with E-state index in [2.05, 4.69) is 0 Å².